The van der Waals surface area contributed by atoms with E-state index in [1.165, 1.54) is 18.8 Å². The Morgan fingerprint density at radius 3 is 2.68 bits per heavy atom. The predicted molar refractivity (Wildman–Crippen MR) is 129 cm³/mol. The summed E-state index contributed by atoms with van der Waals surface area (Å²) in [5.41, 5.74) is 0.803. The smallest absolute Gasteiger partial charge is 0.290 e. The zero-order valence-electron chi connectivity index (χ0n) is 19.8. The highest BCUT2D eigenvalue weighted by atomic mass is 16.5. The van der Waals surface area contributed by atoms with Gasteiger partial charge in [0.1, 0.15) is 11.5 Å². The lowest BCUT2D eigenvalue weighted by molar-refractivity contribution is -0.129. The molecular formula is C27H32N2O5. The Balaban J connectivity index is 1.64. The van der Waals surface area contributed by atoms with Gasteiger partial charge in [0.05, 0.1) is 24.0 Å². The lowest BCUT2D eigenvalue weighted by Crippen LogP contribution is -2.40. The molecule has 1 N–H and O–H groups in total. The van der Waals surface area contributed by atoms with Crippen molar-refractivity contribution in [3.8, 4) is 5.75 Å². The second-order valence-electron chi connectivity index (χ2n) is 9.02. The number of amides is 1. The van der Waals surface area contributed by atoms with E-state index in [1.807, 2.05) is 38.1 Å². The van der Waals surface area contributed by atoms with Gasteiger partial charge < -0.3 is 24.1 Å². The topological polar surface area (TPSA) is 83.2 Å². The van der Waals surface area contributed by atoms with Crippen molar-refractivity contribution in [2.24, 2.45) is 0 Å². The lowest BCUT2D eigenvalue weighted by atomic mass is 9.95. The third kappa shape index (κ3) is 5.42. The van der Waals surface area contributed by atoms with Crippen LogP contribution in [0.4, 0.5) is 0 Å². The Kier molecular flexibility index (Phi) is 7.53. The summed E-state index contributed by atoms with van der Waals surface area (Å²) in [6.45, 7) is 7.00. The summed E-state index contributed by atoms with van der Waals surface area (Å²) in [5.74, 6) is -0.272. The maximum absolute atomic E-state index is 13.2. The van der Waals surface area contributed by atoms with E-state index >= 15 is 0 Å². The molecule has 2 aromatic rings. The zero-order chi connectivity index (χ0) is 24.1. The third-order valence-electron chi connectivity index (χ3n) is 6.16. The summed E-state index contributed by atoms with van der Waals surface area (Å²) in [5, 5.41) is 10.8. The van der Waals surface area contributed by atoms with Gasteiger partial charge in [-0.05, 0) is 81.8 Å². The van der Waals surface area contributed by atoms with Gasteiger partial charge in [-0.1, -0.05) is 18.6 Å². The molecule has 7 nitrogen and oxygen atoms in total. The zero-order valence-corrected chi connectivity index (χ0v) is 19.8. The van der Waals surface area contributed by atoms with Crippen LogP contribution in [0.2, 0.25) is 0 Å². The number of ether oxygens (including phenoxy) is 1. The second-order valence-corrected chi connectivity index (χ2v) is 9.02. The first-order chi connectivity index (χ1) is 16.4. The van der Waals surface area contributed by atoms with Gasteiger partial charge in [-0.2, -0.15) is 0 Å². The molecule has 1 atom stereocenters. The molecule has 2 aliphatic heterocycles. The molecule has 1 aromatic heterocycles. The molecule has 0 bridgehead atoms. The summed E-state index contributed by atoms with van der Waals surface area (Å²) in [6, 6.07) is 10.2. The first kappa shape index (κ1) is 23.8. The molecule has 0 spiro atoms. The molecule has 7 heteroatoms. The summed E-state index contributed by atoms with van der Waals surface area (Å²) in [7, 11) is 0. The van der Waals surface area contributed by atoms with E-state index in [0.29, 0.717) is 24.6 Å². The summed E-state index contributed by atoms with van der Waals surface area (Å²) in [6.07, 6.45) is 7.91. The Morgan fingerprint density at radius 1 is 1.18 bits per heavy atom. The number of carbonyl (C=O) groups excluding carboxylic acids is 2. The molecule has 0 aliphatic carbocycles. The predicted octanol–water partition coefficient (Wildman–Crippen LogP) is 4.53. The number of nitrogens with zero attached hydrogens (tertiary/aromatic N) is 2. The van der Waals surface area contributed by atoms with Crippen molar-refractivity contribution < 1.29 is 23.8 Å². The van der Waals surface area contributed by atoms with Crippen molar-refractivity contribution in [1.29, 1.82) is 0 Å². The molecule has 1 amide bonds. The molecule has 1 fully saturated rings. The van der Waals surface area contributed by atoms with Crippen LogP contribution in [-0.4, -0.2) is 58.9 Å². The van der Waals surface area contributed by atoms with E-state index < -0.39 is 23.5 Å². The average Bonchev–Trinajstić information content (AvgIpc) is 3.43. The molecule has 180 valence electrons. The van der Waals surface area contributed by atoms with Crippen molar-refractivity contribution in [2.75, 3.05) is 26.2 Å². The van der Waals surface area contributed by atoms with Crippen LogP contribution in [0.5, 0.6) is 5.75 Å². The lowest BCUT2D eigenvalue weighted by Gasteiger charge is -2.31. The number of hydrogen-bond donors (Lipinski definition) is 1. The van der Waals surface area contributed by atoms with E-state index in [2.05, 4.69) is 4.90 Å². The fraction of sp³-hybridized carbons (Fsp3) is 0.407. The molecule has 0 radical (unpaired) electrons. The monoisotopic (exact) mass is 464 g/mol. The highest BCUT2D eigenvalue weighted by molar-refractivity contribution is 6.14. The number of furan rings is 1. The number of carbonyl (C=O) groups is 2. The Hall–Kier alpha value is -3.32. The summed E-state index contributed by atoms with van der Waals surface area (Å²) in [4.78, 5) is 30.3. The molecule has 1 saturated heterocycles. The van der Waals surface area contributed by atoms with Gasteiger partial charge in [0.2, 0.25) is 0 Å². The number of rotatable bonds is 9. The molecule has 1 unspecified atom stereocenters. The van der Waals surface area contributed by atoms with Crippen LogP contribution in [-0.2, 0) is 9.59 Å². The van der Waals surface area contributed by atoms with Crippen LogP contribution in [0, 0.1) is 0 Å². The maximum atomic E-state index is 13.2. The number of hydrogen-bond acceptors (Lipinski definition) is 6. The van der Waals surface area contributed by atoms with Crippen molar-refractivity contribution in [1.82, 2.24) is 9.80 Å². The van der Waals surface area contributed by atoms with Gasteiger partial charge in [0.25, 0.3) is 5.91 Å². The largest absolute Gasteiger partial charge is 0.503 e. The maximum Gasteiger partial charge on any atom is 0.290 e. The Bertz CT molecular complexity index is 1060. The number of aliphatic hydroxyl groups excluding tert-OH is 1. The minimum absolute atomic E-state index is 0.0167. The van der Waals surface area contributed by atoms with E-state index in [4.69, 9.17) is 9.15 Å². The van der Waals surface area contributed by atoms with E-state index in [0.717, 1.165) is 31.5 Å². The summed E-state index contributed by atoms with van der Waals surface area (Å²) < 4.78 is 11.1. The standard InChI is InChI=1S/C27H32N2O5/c1-19(2)34-22-9-6-8-20(18-22)25-24(23(30)12-11-21-10-7-17-33-21)26(31)27(32)29(25)16-15-28-13-4-3-5-14-28/h6-12,17-19,25,31H,3-5,13-16H2,1-2H3/b12-11+. The third-order valence-corrected chi connectivity index (χ3v) is 6.16. The SMILES string of the molecule is CC(C)Oc1cccc(C2C(C(=O)/C=C/c3ccco3)=C(O)C(=O)N2CCN2CCCCC2)c1. The molecule has 1 aromatic carbocycles. The highest BCUT2D eigenvalue weighted by Crippen LogP contribution is 2.39. The summed E-state index contributed by atoms with van der Waals surface area (Å²) >= 11 is 0. The molecular weight excluding hydrogens is 432 g/mol. The first-order valence-electron chi connectivity index (χ1n) is 11.9. The van der Waals surface area contributed by atoms with Crippen LogP contribution in [0.3, 0.4) is 0 Å². The Labute approximate surface area is 200 Å². The minimum Gasteiger partial charge on any atom is -0.503 e. The van der Waals surface area contributed by atoms with Gasteiger partial charge in [0, 0.05) is 13.1 Å². The minimum atomic E-state index is -0.693. The van der Waals surface area contributed by atoms with Gasteiger partial charge in [0.15, 0.2) is 11.5 Å². The van der Waals surface area contributed by atoms with Gasteiger partial charge >= 0.3 is 0 Å². The molecule has 4 rings (SSSR count). The van der Waals surface area contributed by atoms with Crippen LogP contribution in [0.15, 0.2) is 64.5 Å². The van der Waals surface area contributed by atoms with Crippen molar-refractivity contribution in [3.05, 3.63) is 71.4 Å². The van der Waals surface area contributed by atoms with Crippen molar-refractivity contribution >= 4 is 17.8 Å². The van der Waals surface area contributed by atoms with Crippen LogP contribution < -0.4 is 4.74 Å². The van der Waals surface area contributed by atoms with E-state index in [1.54, 1.807) is 23.1 Å². The normalized spacial score (nSPS) is 19.6. The number of benzene rings is 1. The first-order valence-corrected chi connectivity index (χ1v) is 11.9. The number of aliphatic hydroxyl groups is 1. The number of likely N-dealkylation sites (tertiary alicyclic amines) is 1. The van der Waals surface area contributed by atoms with Crippen molar-refractivity contribution in [2.45, 2.75) is 45.3 Å². The Morgan fingerprint density at radius 2 is 1.97 bits per heavy atom. The van der Waals surface area contributed by atoms with Crippen molar-refractivity contribution in [3.63, 3.8) is 0 Å². The van der Waals surface area contributed by atoms with E-state index in [-0.39, 0.29) is 11.7 Å². The van der Waals surface area contributed by atoms with Crippen LogP contribution >= 0.6 is 0 Å². The fourth-order valence-electron chi connectivity index (χ4n) is 4.58. The molecule has 0 saturated carbocycles. The van der Waals surface area contributed by atoms with Gasteiger partial charge in [-0.25, -0.2) is 0 Å². The number of allylic oxidation sites excluding steroid dienone is 1. The second kappa shape index (κ2) is 10.7. The van der Waals surface area contributed by atoms with Crippen LogP contribution in [0.1, 0.15) is 50.5 Å². The number of piperidine rings is 1. The van der Waals surface area contributed by atoms with Gasteiger partial charge in [-0.3, -0.25) is 9.59 Å². The quantitative estimate of drug-likeness (QED) is 0.549. The highest BCUT2D eigenvalue weighted by Gasteiger charge is 2.43. The van der Waals surface area contributed by atoms with Crippen LogP contribution in [0.25, 0.3) is 6.08 Å². The molecule has 2 aliphatic rings. The van der Waals surface area contributed by atoms with Gasteiger partial charge in [-0.15, -0.1) is 0 Å². The van der Waals surface area contributed by atoms with E-state index in [9.17, 15) is 14.7 Å². The molecule has 34 heavy (non-hydrogen) atoms. The number of ketones is 1. The fourth-order valence-corrected chi connectivity index (χ4v) is 4.58. The average molecular weight is 465 g/mol. The molecule has 3 heterocycles.